The van der Waals surface area contributed by atoms with Crippen LogP contribution in [0.15, 0.2) is 18.2 Å². The van der Waals surface area contributed by atoms with Crippen molar-refractivity contribution in [3.05, 3.63) is 29.3 Å². The fourth-order valence-corrected chi connectivity index (χ4v) is 6.68. The first-order chi connectivity index (χ1) is 19.0. The summed E-state index contributed by atoms with van der Waals surface area (Å²) < 4.78 is 42.1. The van der Waals surface area contributed by atoms with Crippen molar-refractivity contribution < 1.29 is 37.0 Å². The standard InChI is InChI=1S/C30H45NO8S/c1-5-8-9-12-22(38-29(33)6-2)14-15-23-24-16-20-11-10-13-26(37-19-28(32)31-40(4,35)36)25(20)17-21(24)18-27(23)39-30(34)7-3/h10-11,13,21-24,27H,5-9,12,14-19H2,1-4H3,(H,31,32)/t21-,22-,23+,24-,27+/m0/s1. The van der Waals surface area contributed by atoms with E-state index in [4.69, 9.17) is 14.2 Å². The Balaban J connectivity index is 1.75. The van der Waals surface area contributed by atoms with Gasteiger partial charge in [0.05, 0.1) is 6.26 Å². The molecule has 9 nitrogen and oxygen atoms in total. The molecule has 40 heavy (non-hydrogen) atoms. The average Bonchev–Trinajstić information content (AvgIpc) is 3.23. The third-order valence-corrected chi connectivity index (χ3v) is 8.69. The highest BCUT2D eigenvalue weighted by Gasteiger charge is 2.47. The van der Waals surface area contributed by atoms with Gasteiger partial charge in [-0.2, -0.15) is 0 Å². The summed E-state index contributed by atoms with van der Waals surface area (Å²) in [6.45, 7) is 5.36. The van der Waals surface area contributed by atoms with Gasteiger partial charge >= 0.3 is 11.9 Å². The Kier molecular flexibility index (Phi) is 11.8. The lowest BCUT2D eigenvalue weighted by molar-refractivity contribution is -0.151. The third-order valence-electron chi connectivity index (χ3n) is 8.09. The molecule has 0 spiro atoms. The number of benzene rings is 1. The molecule has 0 bridgehead atoms. The molecular formula is C30H45NO8S. The van der Waals surface area contributed by atoms with Crippen LogP contribution in [-0.4, -0.2) is 51.3 Å². The van der Waals surface area contributed by atoms with E-state index in [0.29, 0.717) is 24.5 Å². The van der Waals surface area contributed by atoms with Gasteiger partial charge in [-0.15, -0.1) is 0 Å². The molecule has 3 rings (SSSR count). The molecule has 0 radical (unpaired) electrons. The van der Waals surface area contributed by atoms with E-state index in [1.54, 1.807) is 13.0 Å². The minimum Gasteiger partial charge on any atom is -0.483 e. The Hall–Kier alpha value is -2.62. The van der Waals surface area contributed by atoms with Gasteiger partial charge in [-0.1, -0.05) is 45.7 Å². The summed E-state index contributed by atoms with van der Waals surface area (Å²) in [6, 6.07) is 5.75. The normalized spacial score (nSPS) is 22.5. The maximum atomic E-state index is 12.3. The first kappa shape index (κ1) is 31.9. The quantitative estimate of drug-likeness (QED) is 0.238. The molecule has 1 amide bonds. The molecule has 0 aliphatic heterocycles. The molecule has 1 N–H and O–H groups in total. The lowest BCUT2D eigenvalue weighted by Crippen LogP contribution is -2.33. The Labute approximate surface area is 238 Å². The summed E-state index contributed by atoms with van der Waals surface area (Å²) in [4.78, 5) is 36.4. The van der Waals surface area contributed by atoms with E-state index < -0.39 is 22.5 Å². The monoisotopic (exact) mass is 579 g/mol. The first-order valence-corrected chi connectivity index (χ1v) is 16.6. The summed E-state index contributed by atoms with van der Waals surface area (Å²) in [5.41, 5.74) is 2.15. The molecule has 1 aromatic rings. The number of hydrogen-bond donors (Lipinski definition) is 1. The van der Waals surface area contributed by atoms with E-state index in [-0.39, 0.29) is 36.0 Å². The van der Waals surface area contributed by atoms with Crippen LogP contribution in [0.1, 0.15) is 89.7 Å². The van der Waals surface area contributed by atoms with Crippen molar-refractivity contribution in [1.82, 2.24) is 4.72 Å². The fraction of sp³-hybridized carbons (Fsp3) is 0.700. The highest BCUT2D eigenvalue weighted by Crippen LogP contribution is 2.49. The van der Waals surface area contributed by atoms with E-state index in [2.05, 4.69) is 13.0 Å². The molecule has 0 heterocycles. The molecule has 1 fully saturated rings. The van der Waals surface area contributed by atoms with Crippen LogP contribution >= 0.6 is 0 Å². The number of nitrogens with one attached hydrogen (secondary N) is 1. The third kappa shape index (κ3) is 9.21. The Bertz CT molecular complexity index is 1130. The van der Waals surface area contributed by atoms with Crippen LogP contribution in [0.2, 0.25) is 0 Å². The van der Waals surface area contributed by atoms with Gasteiger partial charge in [-0.25, -0.2) is 8.42 Å². The van der Waals surface area contributed by atoms with Gasteiger partial charge < -0.3 is 14.2 Å². The van der Waals surface area contributed by atoms with Crippen molar-refractivity contribution >= 4 is 27.9 Å². The molecule has 0 aromatic heterocycles. The number of amides is 1. The molecule has 2 aliphatic rings. The van der Waals surface area contributed by atoms with E-state index >= 15 is 0 Å². The topological polar surface area (TPSA) is 125 Å². The Morgan fingerprint density at radius 3 is 2.45 bits per heavy atom. The maximum Gasteiger partial charge on any atom is 0.305 e. The molecule has 10 heteroatoms. The van der Waals surface area contributed by atoms with E-state index in [9.17, 15) is 22.8 Å². The maximum absolute atomic E-state index is 12.3. The lowest BCUT2D eigenvalue weighted by Gasteiger charge is -2.33. The van der Waals surface area contributed by atoms with Crippen LogP contribution in [0.3, 0.4) is 0 Å². The number of sulfonamides is 1. The molecule has 5 atom stereocenters. The second-order valence-electron chi connectivity index (χ2n) is 11.1. The average molecular weight is 580 g/mol. The van der Waals surface area contributed by atoms with E-state index in [1.165, 1.54) is 0 Å². The number of carbonyl (C=O) groups is 3. The van der Waals surface area contributed by atoms with E-state index in [1.807, 2.05) is 17.7 Å². The highest BCUT2D eigenvalue weighted by atomic mass is 32.2. The number of hydrogen-bond acceptors (Lipinski definition) is 8. The number of ether oxygens (including phenoxy) is 3. The predicted molar refractivity (Wildman–Crippen MR) is 151 cm³/mol. The molecule has 1 aromatic carbocycles. The van der Waals surface area contributed by atoms with Gasteiger partial charge in [0.25, 0.3) is 5.91 Å². The van der Waals surface area contributed by atoms with Crippen molar-refractivity contribution in [3.63, 3.8) is 0 Å². The van der Waals surface area contributed by atoms with Crippen LogP contribution in [0.5, 0.6) is 5.75 Å². The number of unbranched alkanes of at least 4 members (excludes halogenated alkanes) is 2. The van der Waals surface area contributed by atoms with Gasteiger partial charge in [0.2, 0.25) is 10.0 Å². The zero-order valence-electron chi connectivity index (χ0n) is 24.3. The van der Waals surface area contributed by atoms with Gasteiger partial charge in [-0.3, -0.25) is 19.1 Å². The van der Waals surface area contributed by atoms with Crippen molar-refractivity contribution in [2.45, 2.75) is 104 Å². The van der Waals surface area contributed by atoms with Crippen molar-refractivity contribution in [1.29, 1.82) is 0 Å². The Morgan fingerprint density at radius 2 is 1.77 bits per heavy atom. The molecule has 224 valence electrons. The van der Waals surface area contributed by atoms with Gasteiger partial charge in [-0.05, 0) is 79.9 Å². The minimum absolute atomic E-state index is 0.130. The van der Waals surface area contributed by atoms with Crippen LogP contribution in [-0.2, 0) is 46.7 Å². The summed E-state index contributed by atoms with van der Waals surface area (Å²) in [7, 11) is -3.66. The zero-order chi connectivity index (χ0) is 29.3. The summed E-state index contributed by atoms with van der Waals surface area (Å²) >= 11 is 0. The molecule has 1 saturated carbocycles. The van der Waals surface area contributed by atoms with Crippen LogP contribution in [0.25, 0.3) is 0 Å². The zero-order valence-corrected chi connectivity index (χ0v) is 25.1. The molecule has 2 aliphatic carbocycles. The van der Waals surface area contributed by atoms with Crippen LogP contribution in [0.4, 0.5) is 0 Å². The lowest BCUT2D eigenvalue weighted by atomic mass is 9.73. The largest absolute Gasteiger partial charge is 0.483 e. The van der Waals surface area contributed by atoms with Crippen LogP contribution < -0.4 is 9.46 Å². The van der Waals surface area contributed by atoms with Gasteiger partial charge in [0.1, 0.15) is 18.0 Å². The summed E-state index contributed by atoms with van der Waals surface area (Å²) in [5.74, 6) is 0.217. The fourth-order valence-electron chi connectivity index (χ4n) is 6.21. The predicted octanol–water partition coefficient (Wildman–Crippen LogP) is 4.50. The second kappa shape index (κ2) is 14.8. The number of fused-ring (bicyclic) bond motifs is 2. The van der Waals surface area contributed by atoms with Crippen molar-refractivity contribution in [3.8, 4) is 5.75 Å². The van der Waals surface area contributed by atoms with Crippen molar-refractivity contribution in [2.75, 3.05) is 12.9 Å². The second-order valence-corrected chi connectivity index (χ2v) is 12.9. The first-order valence-electron chi connectivity index (χ1n) is 14.7. The summed E-state index contributed by atoms with van der Waals surface area (Å²) in [5, 5.41) is 0. The molecular weight excluding hydrogens is 534 g/mol. The van der Waals surface area contributed by atoms with E-state index in [0.717, 1.165) is 75.2 Å². The summed E-state index contributed by atoms with van der Waals surface area (Å²) in [6.07, 6.45) is 9.17. The highest BCUT2D eigenvalue weighted by molar-refractivity contribution is 7.89. The number of carbonyl (C=O) groups excluding carboxylic acids is 3. The van der Waals surface area contributed by atoms with Crippen molar-refractivity contribution in [2.24, 2.45) is 17.8 Å². The SMILES string of the molecule is CCCCC[C@@H](CC[C@@H]1[C@H]2Cc3cccc(OCC(=O)NS(C)(=O)=O)c3C[C@H]2C[C@H]1OC(=O)CC)OC(=O)CC. The minimum atomic E-state index is -3.66. The number of rotatable bonds is 15. The van der Waals surface area contributed by atoms with Crippen LogP contribution in [0, 0.1) is 17.8 Å². The van der Waals surface area contributed by atoms with Gasteiger partial charge in [0, 0.05) is 12.8 Å². The Morgan fingerprint density at radius 1 is 1.02 bits per heavy atom. The number of esters is 2. The smallest absolute Gasteiger partial charge is 0.305 e. The molecule has 0 unspecified atom stereocenters. The molecule has 0 saturated heterocycles. The van der Waals surface area contributed by atoms with Gasteiger partial charge in [0.15, 0.2) is 6.61 Å².